The van der Waals surface area contributed by atoms with Crippen molar-refractivity contribution < 1.29 is 18.7 Å². The molecule has 0 bridgehead atoms. The third kappa shape index (κ3) is 2.13. The molecule has 0 radical (unpaired) electrons. The molecule has 1 heterocycles. The van der Waals surface area contributed by atoms with Crippen LogP contribution >= 0.6 is 0 Å². The van der Waals surface area contributed by atoms with Crippen molar-refractivity contribution in [3.63, 3.8) is 0 Å². The molecule has 2 N–H and O–H groups in total. The summed E-state index contributed by atoms with van der Waals surface area (Å²) in [5.74, 6) is -0.589. The maximum Gasteiger partial charge on any atom is 0.319 e. The fraction of sp³-hybridized carbons (Fsp3) is 0.833. The summed E-state index contributed by atoms with van der Waals surface area (Å²) < 4.78 is 22.0. The maximum absolute atomic E-state index is 13.0. The Kier molecular flexibility index (Phi) is 2.41. The van der Waals surface area contributed by atoms with Gasteiger partial charge in [-0.05, 0) is 0 Å². The molecular formula is C6H10FNO3. The highest BCUT2D eigenvalue weighted by Crippen LogP contribution is 2.21. The molecule has 1 aliphatic heterocycles. The average molecular weight is 163 g/mol. The van der Waals surface area contributed by atoms with Gasteiger partial charge in [0.05, 0.1) is 19.8 Å². The van der Waals surface area contributed by atoms with Gasteiger partial charge in [-0.2, -0.15) is 0 Å². The first-order chi connectivity index (χ1) is 5.16. The zero-order chi connectivity index (χ0) is 8.32. The highest BCUT2D eigenvalue weighted by atomic mass is 19.1. The van der Waals surface area contributed by atoms with Crippen molar-refractivity contribution in [2.75, 3.05) is 26.4 Å². The van der Waals surface area contributed by atoms with Crippen molar-refractivity contribution in [2.24, 2.45) is 5.73 Å². The smallest absolute Gasteiger partial charge is 0.319 e. The van der Waals surface area contributed by atoms with Gasteiger partial charge < -0.3 is 15.2 Å². The van der Waals surface area contributed by atoms with Crippen LogP contribution < -0.4 is 5.73 Å². The van der Waals surface area contributed by atoms with Gasteiger partial charge in [-0.3, -0.25) is 4.79 Å². The largest absolute Gasteiger partial charge is 0.461 e. The lowest BCUT2D eigenvalue weighted by Gasteiger charge is -2.32. The highest BCUT2D eigenvalue weighted by Gasteiger charge is 2.40. The molecular weight excluding hydrogens is 153 g/mol. The quantitative estimate of drug-likeness (QED) is 0.555. The number of carbonyl (C=O) groups is 1. The fourth-order valence-corrected chi connectivity index (χ4v) is 0.676. The van der Waals surface area contributed by atoms with E-state index in [-0.39, 0.29) is 26.4 Å². The molecule has 0 atom stereocenters. The maximum atomic E-state index is 13.0. The molecule has 1 fully saturated rings. The Labute approximate surface area is 63.5 Å². The van der Waals surface area contributed by atoms with Crippen molar-refractivity contribution in [3.05, 3.63) is 0 Å². The number of rotatable bonds is 3. The van der Waals surface area contributed by atoms with Gasteiger partial charge in [0.15, 0.2) is 5.67 Å². The number of ether oxygens (including phenoxy) is 2. The molecule has 1 rings (SSSR count). The van der Waals surface area contributed by atoms with Crippen LogP contribution in [0.3, 0.4) is 0 Å². The third-order valence-electron chi connectivity index (χ3n) is 1.38. The summed E-state index contributed by atoms with van der Waals surface area (Å²) in [5.41, 5.74) is 3.47. The zero-order valence-corrected chi connectivity index (χ0v) is 6.01. The van der Waals surface area contributed by atoms with Crippen LogP contribution in [-0.4, -0.2) is 38.0 Å². The van der Waals surface area contributed by atoms with Crippen molar-refractivity contribution in [1.82, 2.24) is 0 Å². The van der Waals surface area contributed by atoms with E-state index in [9.17, 15) is 9.18 Å². The third-order valence-corrected chi connectivity index (χ3v) is 1.38. The Balaban J connectivity index is 2.16. The second-order valence-corrected chi connectivity index (χ2v) is 2.51. The molecule has 64 valence electrons. The van der Waals surface area contributed by atoms with Gasteiger partial charge in [0.1, 0.15) is 6.61 Å². The topological polar surface area (TPSA) is 61.6 Å². The van der Waals surface area contributed by atoms with Gasteiger partial charge in [0, 0.05) is 0 Å². The Bertz CT molecular complexity index is 158. The Hall–Kier alpha value is -0.680. The normalized spacial score (nSPS) is 20.5. The van der Waals surface area contributed by atoms with Gasteiger partial charge in [-0.1, -0.05) is 0 Å². The second kappa shape index (κ2) is 3.15. The molecule has 0 unspecified atom stereocenters. The molecule has 0 aromatic heterocycles. The molecule has 1 saturated heterocycles. The summed E-state index contributed by atoms with van der Waals surface area (Å²) in [5, 5.41) is 0. The fourth-order valence-electron chi connectivity index (χ4n) is 0.676. The summed E-state index contributed by atoms with van der Waals surface area (Å²) in [6.07, 6.45) is 0. The van der Waals surface area contributed by atoms with Crippen LogP contribution in [0.1, 0.15) is 0 Å². The first-order valence-electron chi connectivity index (χ1n) is 3.29. The molecule has 0 aromatic carbocycles. The Morgan fingerprint density at radius 3 is 2.73 bits per heavy atom. The summed E-state index contributed by atoms with van der Waals surface area (Å²) in [6.45, 7) is -0.449. The van der Waals surface area contributed by atoms with Gasteiger partial charge in [0.2, 0.25) is 0 Å². The first kappa shape index (κ1) is 8.42. The number of esters is 1. The van der Waals surface area contributed by atoms with E-state index in [0.717, 1.165) is 0 Å². The van der Waals surface area contributed by atoms with Crippen molar-refractivity contribution in [1.29, 1.82) is 0 Å². The van der Waals surface area contributed by atoms with Crippen LogP contribution in [0.15, 0.2) is 0 Å². The number of nitrogens with two attached hydrogens (primary N) is 1. The van der Waals surface area contributed by atoms with Gasteiger partial charge in [-0.15, -0.1) is 0 Å². The minimum atomic E-state index is -1.47. The summed E-state index contributed by atoms with van der Waals surface area (Å²) in [6, 6.07) is 0. The molecule has 0 spiro atoms. The predicted octanol–water partition coefficient (Wildman–Crippen LogP) is -0.773. The number of halogens is 1. The molecule has 0 aromatic rings. The van der Waals surface area contributed by atoms with Crippen LogP contribution in [0.25, 0.3) is 0 Å². The van der Waals surface area contributed by atoms with E-state index in [1.165, 1.54) is 0 Å². The van der Waals surface area contributed by atoms with Crippen molar-refractivity contribution >= 4 is 5.97 Å². The van der Waals surface area contributed by atoms with Crippen LogP contribution in [0, 0.1) is 0 Å². The van der Waals surface area contributed by atoms with Gasteiger partial charge >= 0.3 is 5.97 Å². The monoisotopic (exact) mass is 163 g/mol. The van der Waals surface area contributed by atoms with Crippen LogP contribution in [0.4, 0.5) is 4.39 Å². The number of hydrogen-bond acceptors (Lipinski definition) is 4. The van der Waals surface area contributed by atoms with Crippen LogP contribution in [0.5, 0.6) is 0 Å². The lowest BCUT2D eigenvalue weighted by molar-refractivity contribution is -0.174. The average Bonchev–Trinajstić information content (AvgIpc) is 1.96. The van der Waals surface area contributed by atoms with Crippen LogP contribution in [0.2, 0.25) is 0 Å². The molecule has 1 aliphatic rings. The van der Waals surface area contributed by atoms with Gasteiger partial charge in [-0.25, -0.2) is 4.39 Å². The van der Waals surface area contributed by atoms with E-state index in [1.54, 1.807) is 0 Å². The molecule has 5 heteroatoms. The summed E-state index contributed by atoms with van der Waals surface area (Å²) in [7, 11) is 0. The number of alkyl halides is 1. The Morgan fingerprint density at radius 2 is 2.36 bits per heavy atom. The predicted molar refractivity (Wildman–Crippen MR) is 34.7 cm³/mol. The highest BCUT2D eigenvalue weighted by molar-refractivity contribution is 5.71. The lowest BCUT2D eigenvalue weighted by atomic mass is 10.1. The van der Waals surface area contributed by atoms with E-state index in [4.69, 9.17) is 5.73 Å². The molecule has 0 aliphatic carbocycles. The number of hydrogen-bond donors (Lipinski definition) is 1. The Morgan fingerprint density at radius 1 is 1.73 bits per heavy atom. The van der Waals surface area contributed by atoms with E-state index in [0.29, 0.717) is 0 Å². The molecule has 4 nitrogen and oxygen atoms in total. The summed E-state index contributed by atoms with van der Waals surface area (Å²) >= 11 is 0. The van der Waals surface area contributed by atoms with Crippen molar-refractivity contribution in [3.8, 4) is 0 Å². The van der Waals surface area contributed by atoms with Crippen molar-refractivity contribution in [2.45, 2.75) is 5.67 Å². The standard InChI is InChI=1S/C6H10FNO3/c7-6(2-10-3-6)4-11-5(9)1-8/h1-4,8H2. The van der Waals surface area contributed by atoms with E-state index >= 15 is 0 Å². The first-order valence-corrected chi connectivity index (χ1v) is 3.29. The van der Waals surface area contributed by atoms with E-state index in [1.807, 2.05) is 0 Å². The van der Waals surface area contributed by atoms with E-state index in [2.05, 4.69) is 9.47 Å². The minimum Gasteiger partial charge on any atom is -0.461 e. The molecule has 11 heavy (non-hydrogen) atoms. The van der Waals surface area contributed by atoms with Crippen LogP contribution in [-0.2, 0) is 14.3 Å². The van der Waals surface area contributed by atoms with Gasteiger partial charge in [0.25, 0.3) is 0 Å². The number of carbonyl (C=O) groups excluding carboxylic acids is 1. The second-order valence-electron chi connectivity index (χ2n) is 2.51. The molecule has 0 saturated carbocycles. The lowest BCUT2D eigenvalue weighted by Crippen LogP contribution is -2.49. The SMILES string of the molecule is NCC(=O)OCC1(F)COC1. The molecule has 0 amide bonds. The minimum absolute atomic E-state index is 0.00481. The zero-order valence-electron chi connectivity index (χ0n) is 6.01. The van der Waals surface area contributed by atoms with E-state index < -0.39 is 11.6 Å². The summed E-state index contributed by atoms with van der Waals surface area (Å²) in [4.78, 5) is 10.4.